The molecule has 4 nitrogen and oxygen atoms in total. The van der Waals surface area contributed by atoms with Gasteiger partial charge < -0.3 is 4.74 Å². The Kier molecular flexibility index (Phi) is 1.16. The number of ether oxygens (including phenoxy) is 1. The molecule has 0 fully saturated rings. The highest BCUT2D eigenvalue weighted by Gasteiger charge is 2.12. The van der Waals surface area contributed by atoms with Gasteiger partial charge in [-0.25, -0.2) is 9.67 Å². The van der Waals surface area contributed by atoms with Gasteiger partial charge in [0.1, 0.15) is 6.61 Å². The first-order valence-corrected chi connectivity index (χ1v) is 3.09. The third-order valence-corrected chi connectivity index (χ3v) is 1.38. The van der Waals surface area contributed by atoms with Crippen molar-refractivity contribution in [2.75, 3.05) is 6.61 Å². The van der Waals surface area contributed by atoms with E-state index in [-0.39, 0.29) is 6.17 Å². The minimum atomic E-state index is 0.0509. The molecule has 2 heterocycles. The van der Waals surface area contributed by atoms with E-state index in [1.165, 1.54) is 6.40 Å². The van der Waals surface area contributed by atoms with Crippen molar-refractivity contribution in [3.05, 3.63) is 18.5 Å². The number of aliphatic imine (C=N–C) groups is 1. The average Bonchev–Trinajstić information content (AvgIpc) is 2.59. The fraction of sp³-hybridized carbons (Fsp3) is 0.333. The summed E-state index contributed by atoms with van der Waals surface area (Å²) in [6.45, 7) is 0.599. The number of hydrogen-bond donors (Lipinski definition) is 0. The molecule has 1 aliphatic heterocycles. The number of nitrogens with zero attached hydrogens (tertiary/aromatic N) is 3. The highest BCUT2D eigenvalue weighted by Crippen LogP contribution is 2.10. The first-order chi connectivity index (χ1) is 4.97. The monoisotopic (exact) mass is 137 g/mol. The summed E-state index contributed by atoms with van der Waals surface area (Å²) in [5.41, 5.74) is 0. The van der Waals surface area contributed by atoms with E-state index < -0.39 is 0 Å². The first kappa shape index (κ1) is 5.46. The van der Waals surface area contributed by atoms with Crippen LogP contribution in [0.3, 0.4) is 0 Å². The van der Waals surface area contributed by atoms with Gasteiger partial charge >= 0.3 is 0 Å². The first-order valence-electron chi connectivity index (χ1n) is 3.09. The van der Waals surface area contributed by atoms with Gasteiger partial charge in [0, 0.05) is 12.4 Å². The Bertz CT molecular complexity index is 229. The van der Waals surface area contributed by atoms with Crippen LogP contribution in [-0.2, 0) is 4.74 Å². The van der Waals surface area contributed by atoms with E-state index in [1.807, 2.05) is 12.3 Å². The summed E-state index contributed by atoms with van der Waals surface area (Å²) < 4.78 is 6.70. The van der Waals surface area contributed by atoms with Crippen LogP contribution in [0.1, 0.15) is 6.17 Å². The van der Waals surface area contributed by atoms with Crippen LogP contribution in [0.2, 0.25) is 0 Å². The number of hydrogen-bond acceptors (Lipinski definition) is 3. The van der Waals surface area contributed by atoms with Crippen molar-refractivity contribution >= 4 is 6.40 Å². The van der Waals surface area contributed by atoms with Gasteiger partial charge in [0.2, 0.25) is 0 Å². The molecule has 1 unspecified atom stereocenters. The fourth-order valence-corrected chi connectivity index (χ4v) is 0.887. The topological polar surface area (TPSA) is 39.4 Å². The van der Waals surface area contributed by atoms with Crippen LogP contribution in [0.15, 0.2) is 23.5 Å². The van der Waals surface area contributed by atoms with Crippen LogP contribution in [0.25, 0.3) is 0 Å². The van der Waals surface area contributed by atoms with Crippen molar-refractivity contribution < 1.29 is 4.74 Å². The Hall–Kier alpha value is -1.32. The van der Waals surface area contributed by atoms with Crippen molar-refractivity contribution in [1.82, 2.24) is 9.78 Å². The highest BCUT2D eigenvalue weighted by atomic mass is 16.5. The summed E-state index contributed by atoms with van der Waals surface area (Å²) in [6, 6.07) is 1.87. The Morgan fingerprint density at radius 1 is 1.60 bits per heavy atom. The number of rotatable bonds is 1. The molecule has 0 saturated heterocycles. The average molecular weight is 137 g/mol. The molecule has 0 aromatic carbocycles. The molecule has 0 spiro atoms. The molecule has 1 atom stereocenters. The van der Waals surface area contributed by atoms with E-state index >= 15 is 0 Å². The van der Waals surface area contributed by atoms with Gasteiger partial charge in [-0.15, -0.1) is 0 Å². The lowest BCUT2D eigenvalue weighted by molar-refractivity contribution is 0.285. The van der Waals surface area contributed by atoms with Crippen molar-refractivity contribution in [2.45, 2.75) is 6.17 Å². The third-order valence-electron chi connectivity index (χ3n) is 1.38. The fourth-order valence-electron chi connectivity index (χ4n) is 0.887. The zero-order valence-corrected chi connectivity index (χ0v) is 5.34. The molecule has 1 aliphatic rings. The summed E-state index contributed by atoms with van der Waals surface area (Å²) in [7, 11) is 0. The molecule has 1 aromatic rings. The normalized spacial score (nSPS) is 23.0. The van der Waals surface area contributed by atoms with Gasteiger partial charge in [-0.3, -0.25) is 0 Å². The summed E-state index contributed by atoms with van der Waals surface area (Å²) in [5, 5.41) is 4.02. The van der Waals surface area contributed by atoms with Gasteiger partial charge in [0.05, 0.1) is 0 Å². The lowest BCUT2D eigenvalue weighted by Crippen LogP contribution is -2.07. The molecule has 0 N–H and O–H groups in total. The summed E-state index contributed by atoms with van der Waals surface area (Å²) >= 11 is 0. The Balaban J connectivity index is 2.20. The molecule has 0 bridgehead atoms. The molecule has 4 heteroatoms. The van der Waals surface area contributed by atoms with Crippen LogP contribution in [0.5, 0.6) is 0 Å². The quantitative estimate of drug-likeness (QED) is 0.563. The highest BCUT2D eigenvalue weighted by molar-refractivity contribution is 5.48. The smallest absolute Gasteiger partial charge is 0.178 e. The van der Waals surface area contributed by atoms with Gasteiger partial charge in [-0.2, -0.15) is 5.10 Å². The molecule has 0 radical (unpaired) electrons. The maximum Gasteiger partial charge on any atom is 0.178 e. The van der Waals surface area contributed by atoms with E-state index in [9.17, 15) is 0 Å². The molecule has 52 valence electrons. The zero-order chi connectivity index (χ0) is 6.81. The Morgan fingerprint density at radius 2 is 2.60 bits per heavy atom. The largest absolute Gasteiger partial charge is 0.479 e. The standard InChI is InChI=1S/C6H7N3O/c1-2-8-9(3-1)6-4-10-5-7-6/h1-3,5-6H,4H2. The third kappa shape index (κ3) is 0.775. The van der Waals surface area contributed by atoms with Crippen molar-refractivity contribution in [2.24, 2.45) is 4.99 Å². The van der Waals surface area contributed by atoms with Crippen molar-refractivity contribution in [3.8, 4) is 0 Å². The molecule has 10 heavy (non-hydrogen) atoms. The van der Waals surface area contributed by atoms with Gasteiger partial charge in [0.15, 0.2) is 12.6 Å². The lowest BCUT2D eigenvalue weighted by atomic mass is 10.5. The second-order valence-electron chi connectivity index (χ2n) is 2.05. The Morgan fingerprint density at radius 3 is 3.20 bits per heavy atom. The van der Waals surface area contributed by atoms with Gasteiger partial charge in [-0.05, 0) is 6.07 Å². The molecule has 0 amide bonds. The molecular formula is C6H7N3O. The maximum atomic E-state index is 4.93. The molecular weight excluding hydrogens is 130 g/mol. The van der Waals surface area contributed by atoms with E-state index in [4.69, 9.17) is 4.74 Å². The minimum absolute atomic E-state index is 0.0509. The maximum absolute atomic E-state index is 4.93. The van der Waals surface area contributed by atoms with Crippen LogP contribution in [0.4, 0.5) is 0 Å². The predicted molar refractivity (Wildman–Crippen MR) is 35.7 cm³/mol. The molecule has 2 rings (SSSR count). The molecule has 0 aliphatic carbocycles. The number of aromatic nitrogens is 2. The van der Waals surface area contributed by atoms with Gasteiger partial charge in [-0.1, -0.05) is 0 Å². The van der Waals surface area contributed by atoms with E-state index in [0.717, 1.165) is 0 Å². The molecule has 0 saturated carbocycles. The molecule has 1 aromatic heterocycles. The zero-order valence-electron chi connectivity index (χ0n) is 5.34. The SMILES string of the molecule is C1=NC(n2cccn2)CO1. The Labute approximate surface area is 58.1 Å². The minimum Gasteiger partial charge on any atom is -0.479 e. The second kappa shape index (κ2) is 2.13. The lowest BCUT2D eigenvalue weighted by Gasteiger charge is -2.03. The summed E-state index contributed by atoms with van der Waals surface area (Å²) in [6.07, 6.45) is 5.12. The van der Waals surface area contributed by atoms with Crippen molar-refractivity contribution in [1.29, 1.82) is 0 Å². The van der Waals surface area contributed by atoms with Gasteiger partial charge in [0.25, 0.3) is 0 Å². The van der Waals surface area contributed by atoms with E-state index in [2.05, 4.69) is 10.1 Å². The van der Waals surface area contributed by atoms with Crippen molar-refractivity contribution in [3.63, 3.8) is 0 Å². The van der Waals surface area contributed by atoms with E-state index in [0.29, 0.717) is 6.61 Å². The van der Waals surface area contributed by atoms with Crippen LogP contribution in [0, 0.1) is 0 Å². The predicted octanol–water partition coefficient (Wildman–Crippen LogP) is 0.440. The second-order valence-corrected chi connectivity index (χ2v) is 2.05. The summed E-state index contributed by atoms with van der Waals surface area (Å²) in [4.78, 5) is 4.03. The van der Waals surface area contributed by atoms with Crippen LogP contribution in [-0.4, -0.2) is 22.8 Å². The van der Waals surface area contributed by atoms with Crippen LogP contribution >= 0.6 is 0 Å². The van der Waals surface area contributed by atoms with E-state index in [1.54, 1.807) is 10.9 Å². The van der Waals surface area contributed by atoms with Crippen LogP contribution < -0.4 is 0 Å². The summed E-state index contributed by atoms with van der Waals surface area (Å²) in [5.74, 6) is 0.